The zero-order valence-electron chi connectivity index (χ0n) is 15.4. The van der Waals surface area contributed by atoms with E-state index < -0.39 is 26.5 Å². The highest BCUT2D eigenvalue weighted by atomic mass is 32.2. The van der Waals surface area contributed by atoms with Crippen LogP contribution in [0.1, 0.15) is 26.7 Å². The first-order valence-corrected chi connectivity index (χ1v) is 9.98. The molecule has 0 unspecified atom stereocenters. The van der Waals surface area contributed by atoms with Crippen molar-refractivity contribution in [3.63, 3.8) is 0 Å². The van der Waals surface area contributed by atoms with Crippen LogP contribution >= 0.6 is 0 Å². The molecule has 28 heavy (non-hydrogen) atoms. The van der Waals surface area contributed by atoms with Gasteiger partial charge in [0.05, 0.1) is 15.5 Å². The molecular weight excluding hydrogens is 386 g/mol. The second-order valence-electron chi connectivity index (χ2n) is 6.04. The van der Waals surface area contributed by atoms with E-state index in [1.807, 2.05) is 0 Å². The van der Waals surface area contributed by atoms with Crippen molar-refractivity contribution in [3.05, 3.63) is 64.7 Å². The van der Waals surface area contributed by atoms with Gasteiger partial charge in [0.25, 0.3) is 21.6 Å². The molecule has 0 aliphatic heterocycles. The number of carbonyl (C=O) groups excluding carboxylic acids is 1. The number of nitrogens with zero attached hydrogens (tertiary/aromatic N) is 2. The third-order valence-electron chi connectivity index (χ3n) is 4.37. The predicted molar refractivity (Wildman–Crippen MR) is 103 cm³/mol. The molecular formula is C18H21N3O6S. The Morgan fingerprint density at radius 3 is 2.11 bits per heavy atom. The van der Waals surface area contributed by atoms with E-state index in [1.165, 1.54) is 12.1 Å². The number of aliphatic hydroxyl groups is 1. The van der Waals surface area contributed by atoms with Gasteiger partial charge in [0.15, 0.2) is 0 Å². The standard InChI is InChI=1S/C18H21N3O6S/c1-3-18(23,4-2)17(22)19-20(14-8-6-5-7-9-14)28(26,27)16-12-10-15(11-13-16)21(24)25/h5-13,23H,3-4H2,1-2H3,(H,19,22). The van der Waals surface area contributed by atoms with E-state index in [4.69, 9.17) is 0 Å². The number of hydrogen-bond acceptors (Lipinski definition) is 6. The molecule has 1 amide bonds. The van der Waals surface area contributed by atoms with E-state index in [1.54, 1.807) is 32.0 Å². The normalized spacial score (nSPS) is 11.7. The van der Waals surface area contributed by atoms with Crippen LogP contribution in [-0.4, -0.2) is 30.0 Å². The fourth-order valence-corrected chi connectivity index (χ4v) is 3.73. The van der Waals surface area contributed by atoms with E-state index in [-0.39, 0.29) is 29.1 Å². The van der Waals surface area contributed by atoms with E-state index in [9.17, 15) is 28.4 Å². The molecule has 2 aromatic carbocycles. The van der Waals surface area contributed by atoms with Gasteiger partial charge < -0.3 is 5.11 Å². The summed E-state index contributed by atoms with van der Waals surface area (Å²) >= 11 is 0. The molecule has 150 valence electrons. The number of nitro groups is 1. The number of para-hydroxylation sites is 1. The highest BCUT2D eigenvalue weighted by Crippen LogP contribution is 2.25. The Labute approximate surface area is 162 Å². The minimum absolute atomic E-state index is 0.0928. The Balaban J connectivity index is 2.49. The van der Waals surface area contributed by atoms with Gasteiger partial charge >= 0.3 is 0 Å². The third-order valence-corrected chi connectivity index (χ3v) is 6.02. The van der Waals surface area contributed by atoms with Gasteiger partial charge in [-0.15, -0.1) is 0 Å². The lowest BCUT2D eigenvalue weighted by molar-refractivity contribution is -0.384. The first kappa shape index (κ1) is 21.3. The maximum atomic E-state index is 13.1. The minimum Gasteiger partial charge on any atom is -0.380 e. The lowest BCUT2D eigenvalue weighted by Gasteiger charge is -2.30. The van der Waals surface area contributed by atoms with Crippen LogP contribution in [0.5, 0.6) is 0 Å². The fourth-order valence-electron chi connectivity index (χ4n) is 2.44. The lowest BCUT2D eigenvalue weighted by atomic mass is 9.97. The molecule has 0 spiro atoms. The van der Waals surface area contributed by atoms with Crippen molar-refractivity contribution in [2.75, 3.05) is 4.41 Å². The average Bonchev–Trinajstić information content (AvgIpc) is 2.71. The summed E-state index contributed by atoms with van der Waals surface area (Å²) in [6.07, 6.45) is 0.186. The van der Waals surface area contributed by atoms with E-state index in [2.05, 4.69) is 5.43 Å². The van der Waals surface area contributed by atoms with Gasteiger partial charge in [0, 0.05) is 12.1 Å². The van der Waals surface area contributed by atoms with Gasteiger partial charge in [0.1, 0.15) is 5.60 Å². The number of hydrazine groups is 1. The fraction of sp³-hybridized carbons (Fsp3) is 0.278. The molecule has 0 bridgehead atoms. The maximum Gasteiger partial charge on any atom is 0.281 e. The summed E-state index contributed by atoms with van der Waals surface area (Å²) in [6, 6.07) is 12.1. The zero-order valence-corrected chi connectivity index (χ0v) is 16.2. The predicted octanol–water partition coefficient (Wildman–Crippen LogP) is 2.37. The Morgan fingerprint density at radius 1 is 1.11 bits per heavy atom. The summed E-state index contributed by atoms with van der Waals surface area (Å²) in [5.74, 6) is -0.869. The van der Waals surface area contributed by atoms with Crippen LogP contribution in [0.2, 0.25) is 0 Å². The summed E-state index contributed by atoms with van der Waals surface area (Å²) < 4.78 is 26.9. The number of hydrogen-bond donors (Lipinski definition) is 2. The largest absolute Gasteiger partial charge is 0.380 e. The highest BCUT2D eigenvalue weighted by Gasteiger charge is 2.36. The van der Waals surface area contributed by atoms with Crippen LogP contribution in [-0.2, 0) is 14.8 Å². The molecule has 0 saturated carbocycles. The number of amides is 1. The smallest absolute Gasteiger partial charge is 0.281 e. The molecule has 10 heteroatoms. The molecule has 0 fully saturated rings. The summed E-state index contributed by atoms with van der Waals surface area (Å²) in [4.78, 5) is 22.5. The average molecular weight is 407 g/mol. The molecule has 0 aliphatic carbocycles. The molecule has 0 radical (unpaired) electrons. The quantitative estimate of drug-likeness (QED) is 0.510. The van der Waals surface area contributed by atoms with Crippen molar-refractivity contribution in [1.29, 1.82) is 0 Å². The SMILES string of the molecule is CCC(O)(CC)C(=O)NN(c1ccccc1)S(=O)(=O)c1ccc([N+](=O)[O-])cc1. The lowest BCUT2D eigenvalue weighted by Crippen LogP contribution is -2.55. The topological polar surface area (TPSA) is 130 Å². The number of anilines is 1. The number of nitro benzene ring substituents is 1. The van der Waals surface area contributed by atoms with Gasteiger partial charge in [-0.3, -0.25) is 20.3 Å². The Kier molecular flexibility index (Phi) is 6.37. The number of benzene rings is 2. The molecule has 0 saturated heterocycles. The van der Waals surface area contributed by atoms with Crippen LogP contribution in [0, 0.1) is 10.1 Å². The molecule has 0 aromatic heterocycles. The minimum atomic E-state index is -4.30. The number of rotatable bonds is 8. The van der Waals surface area contributed by atoms with Crippen molar-refractivity contribution < 1.29 is 23.2 Å². The van der Waals surface area contributed by atoms with Crippen LogP contribution in [0.4, 0.5) is 11.4 Å². The van der Waals surface area contributed by atoms with E-state index >= 15 is 0 Å². The molecule has 2 rings (SSSR count). The molecule has 2 N–H and O–H groups in total. The van der Waals surface area contributed by atoms with Crippen molar-refractivity contribution in [2.45, 2.75) is 37.2 Å². The van der Waals surface area contributed by atoms with E-state index in [0.717, 1.165) is 24.3 Å². The molecule has 2 aromatic rings. The molecule has 9 nitrogen and oxygen atoms in total. The molecule has 0 heterocycles. The second-order valence-corrected chi connectivity index (χ2v) is 7.82. The van der Waals surface area contributed by atoms with Crippen molar-refractivity contribution >= 4 is 27.3 Å². The van der Waals surface area contributed by atoms with Crippen molar-refractivity contribution in [2.24, 2.45) is 0 Å². The summed E-state index contributed by atoms with van der Waals surface area (Å²) in [5, 5.41) is 21.2. The zero-order chi connectivity index (χ0) is 20.9. The number of nitrogens with one attached hydrogen (secondary N) is 1. The number of sulfonamides is 1. The Hall–Kier alpha value is -2.98. The van der Waals surface area contributed by atoms with Gasteiger partial charge in [-0.2, -0.15) is 12.8 Å². The van der Waals surface area contributed by atoms with E-state index in [0.29, 0.717) is 4.41 Å². The maximum absolute atomic E-state index is 13.1. The summed E-state index contributed by atoms with van der Waals surface area (Å²) in [5.41, 5.74) is 0.415. The van der Waals surface area contributed by atoms with Crippen LogP contribution in [0.3, 0.4) is 0 Å². The van der Waals surface area contributed by atoms with Crippen LogP contribution in [0.15, 0.2) is 59.5 Å². The first-order chi connectivity index (χ1) is 13.2. The third kappa shape index (κ3) is 4.29. The first-order valence-electron chi connectivity index (χ1n) is 8.54. The number of non-ortho nitro benzene ring substituents is 1. The van der Waals surface area contributed by atoms with Gasteiger partial charge in [-0.05, 0) is 37.1 Å². The van der Waals surface area contributed by atoms with Crippen LogP contribution in [0.25, 0.3) is 0 Å². The molecule has 0 aliphatic rings. The Morgan fingerprint density at radius 2 is 1.64 bits per heavy atom. The van der Waals surface area contributed by atoms with Crippen LogP contribution < -0.4 is 9.84 Å². The van der Waals surface area contributed by atoms with Crippen molar-refractivity contribution in [3.8, 4) is 0 Å². The summed E-state index contributed by atoms with van der Waals surface area (Å²) in [7, 11) is -4.30. The van der Waals surface area contributed by atoms with Crippen molar-refractivity contribution in [1.82, 2.24) is 5.43 Å². The number of carbonyl (C=O) groups is 1. The monoisotopic (exact) mass is 407 g/mol. The molecule has 0 atom stereocenters. The van der Waals surface area contributed by atoms with Gasteiger partial charge in [-0.25, -0.2) is 0 Å². The van der Waals surface area contributed by atoms with Gasteiger partial charge in [0.2, 0.25) is 0 Å². The highest BCUT2D eigenvalue weighted by molar-refractivity contribution is 7.92. The summed E-state index contributed by atoms with van der Waals surface area (Å²) in [6.45, 7) is 3.22. The second kappa shape index (κ2) is 8.36. The van der Waals surface area contributed by atoms with Gasteiger partial charge in [-0.1, -0.05) is 32.0 Å². The Bertz CT molecular complexity index is 941.